The fourth-order valence-corrected chi connectivity index (χ4v) is 4.44. The number of para-hydroxylation sites is 1. The van der Waals surface area contributed by atoms with Crippen LogP contribution in [0.25, 0.3) is 0 Å². The molecule has 6 heteroatoms. The van der Waals surface area contributed by atoms with Gasteiger partial charge < -0.3 is 0 Å². The van der Waals surface area contributed by atoms with Gasteiger partial charge in [0, 0.05) is 6.54 Å². The lowest BCUT2D eigenvalue weighted by molar-refractivity contribution is 0.254. The van der Waals surface area contributed by atoms with Gasteiger partial charge >= 0.3 is 6.03 Å². The third kappa shape index (κ3) is 2.39. The van der Waals surface area contributed by atoms with Crippen LogP contribution in [0.3, 0.4) is 0 Å². The molecule has 2 amide bonds. The highest BCUT2D eigenvalue weighted by molar-refractivity contribution is 7.94. The molecule has 2 aromatic rings. The third-order valence-corrected chi connectivity index (χ3v) is 5.71. The first-order valence-corrected chi connectivity index (χ1v) is 8.96. The number of carbonyl (C=O) groups is 1. The second-order valence-electron chi connectivity index (χ2n) is 5.71. The van der Waals surface area contributed by atoms with Gasteiger partial charge in [-0.3, -0.25) is 4.90 Å². The second-order valence-corrected chi connectivity index (χ2v) is 7.46. The summed E-state index contributed by atoms with van der Waals surface area (Å²) in [6.07, 6.45) is 1.58. The normalized spacial score (nSPS) is 16.0. The van der Waals surface area contributed by atoms with Gasteiger partial charge in [0.05, 0.1) is 11.4 Å². The number of benzene rings is 2. The maximum atomic E-state index is 13.1. The Morgan fingerprint density at radius 3 is 2.50 bits per heavy atom. The topological polar surface area (TPSA) is 57.7 Å². The van der Waals surface area contributed by atoms with Crippen LogP contribution in [0.2, 0.25) is 0 Å². The number of urea groups is 1. The largest absolute Gasteiger partial charge is 0.343 e. The fourth-order valence-electron chi connectivity index (χ4n) is 2.79. The molecule has 124 valence electrons. The van der Waals surface area contributed by atoms with Gasteiger partial charge in [-0.15, -0.1) is 6.58 Å². The van der Waals surface area contributed by atoms with Crippen molar-refractivity contribution in [3.8, 4) is 0 Å². The lowest BCUT2D eigenvalue weighted by atomic mass is 10.1. The number of amides is 2. The van der Waals surface area contributed by atoms with Crippen LogP contribution in [0, 0.1) is 13.8 Å². The van der Waals surface area contributed by atoms with Crippen LogP contribution in [0.4, 0.5) is 16.2 Å². The lowest BCUT2D eigenvalue weighted by Crippen LogP contribution is -2.51. The molecule has 2 aromatic carbocycles. The van der Waals surface area contributed by atoms with Gasteiger partial charge in [-0.1, -0.05) is 30.3 Å². The van der Waals surface area contributed by atoms with E-state index in [9.17, 15) is 13.2 Å². The summed E-state index contributed by atoms with van der Waals surface area (Å²) in [6, 6.07) is 11.3. The summed E-state index contributed by atoms with van der Waals surface area (Å²) >= 11 is 0. The second kappa shape index (κ2) is 5.79. The van der Waals surface area contributed by atoms with Crippen molar-refractivity contribution in [3.05, 3.63) is 66.2 Å². The highest BCUT2D eigenvalue weighted by Gasteiger charge is 2.42. The van der Waals surface area contributed by atoms with E-state index in [1.54, 1.807) is 37.3 Å². The first-order chi connectivity index (χ1) is 11.4. The molecule has 0 fully saturated rings. The predicted octanol–water partition coefficient (Wildman–Crippen LogP) is 3.62. The fraction of sp³-hybridized carbons (Fsp3) is 0.167. The van der Waals surface area contributed by atoms with E-state index >= 15 is 0 Å². The monoisotopic (exact) mass is 342 g/mol. The Kier molecular flexibility index (Phi) is 3.93. The van der Waals surface area contributed by atoms with E-state index in [1.165, 1.54) is 11.0 Å². The summed E-state index contributed by atoms with van der Waals surface area (Å²) in [7, 11) is -3.97. The molecule has 0 saturated carbocycles. The van der Waals surface area contributed by atoms with Crippen molar-refractivity contribution in [2.45, 2.75) is 18.7 Å². The van der Waals surface area contributed by atoms with Crippen molar-refractivity contribution in [2.75, 3.05) is 15.7 Å². The molecule has 0 radical (unpaired) electrons. The predicted molar refractivity (Wildman–Crippen MR) is 95.0 cm³/mol. The molecule has 0 atom stereocenters. The van der Waals surface area contributed by atoms with Crippen LogP contribution in [0.1, 0.15) is 11.1 Å². The molecule has 1 heterocycles. The van der Waals surface area contributed by atoms with Crippen LogP contribution in [-0.2, 0) is 10.0 Å². The van der Waals surface area contributed by atoms with Crippen LogP contribution in [0.5, 0.6) is 0 Å². The Morgan fingerprint density at radius 1 is 1.08 bits per heavy atom. The van der Waals surface area contributed by atoms with E-state index in [1.807, 2.05) is 19.1 Å². The first-order valence-electron chi connectivity index (χ1n) is 7.52. The number of aryl methyl sites for hydroxylation is 2. The molecule has 0 aliphatic carbocycles. The SMILES string of the molecule is C=CCN1C(=O)N(c2cc(C)ccc2C)S(=O)(=O)c2ccccc21. The number of carbonyl (C=O) groups excluding carboxylic acids is 1. The summed E-state index contributed by atoms with van der Waals surface area (Å²) in [4.78, 5) is 14.5. The van der Waals surface area contributed by atoms with E-state index in [4.69, 9.17) is 0 Å². The van der Waals surface area contributed by atoms with Crippen molar-refractivity contribution in [1.29, 1.82) is 0 Å². The first kappa shape index (κ1) is 16.3. The van der Waals surface area contributed by atoms with E-state index in [0.717, 1.165) is 15.4 Å². The Balaban J connectivity index is 2.29. The minimum atomic E-state index is -3.97. The summed E-state index contributed by atoms with van der Waals surface area (Å²) < 4.78 is 27.1. The van der Waals surface area contributed by atoms with Crippen molar-refractivity contribution in [3.63, 3.8) is 0 Å². The lowest BCUT2D eigenvalue weighted by Gasteiger charge is -2.36. The Labute approximate surface area is 141 Å². The van der Waals surface area contributed by atoms with E-state index in [2.05, 4.69) is 6.58 Å². The van der Waals surface area contributed by atoms with Crippen molar-refractivity contribution >= 4 is 27.4 Å². The Hall–Kier alpha value is -2.60. The number of rotatable bonds is 3. The maximum Gasteiger partial charge on any atom is 0.343 e. The summed E-state index contributed by atoms with van der Waals surface area (Å²) in [5.74, 6) is 0. The number of sulfonamides is 1. The molecule has 5 nitrogen and oxygen atoms in total. The average molecular weight is 342 g/mol. The minimum absolute atomic E-state index is 0.118. The number of hydrogen-bond donors (Lipinski definition) is 0. The van der Waals surface area contributed by atoms with Crippen molar-refractivity contribution in [2.24, 2.45) is 0 Å². The van der Waals surface area contributed by atoms with Crippen molar-refractivity contribution < 1.29 is 13.2 Å². The number of nitrogens with zero attached hydrogens (tertiary/aromatic N) is 2. The molecule has 0 bridgehead atoms. The maximum absolute atomic E-state index is 13.1. The number of anilines is 2. The molecular weight excluding hydrogens is 324 g/mol. The standard InChI is InChI=1S/C18H18N2O3S/c1-4-11-19-15-7-5-6-8-17(15)24(22,23)20(18(19)21)16-12-13(2)9-10-14(16)3/h4-10,12H,1,11H2,2-3H3. The highest BCUT2D eigenvalue weighted by Crippen LogP contribution is 2.38. The van der Waals surface area contributed by atoms with E-state index in [0.29, 0.717) is 11.4 Å². The van der Waals surface area contributed by atoms with Crippen LogP contribution in [-0.4, -0.2) is 21.0 Å². The third-order valence-electron chi connectivity index (χ3n) is 3.97. The zero-order valence-electron chi connectivity index (χ0n) is 13.6. The molecular formula is C18H18N2O3S. The molecule has 0 spiro atoms. The number of hydrogen-bond acceptors (Lipinski definition) is 3. The van der Waals surface area contributed by atoms with Crippen LogP contribution < -0.4 is 9.21 Å². The molecule has 3 rings (SSSR count). The van der Waals surface area contributed by atoms with Gasteiger partial charge in [0.15, 0.2) is 0 Å². The van der Waals surface area contributed by atoms with E-state index in [-0.39, 0.29) is 11.4 Å². The molecule has 24 heavy (non-hydrogen) atoms. The van der Waals surface area contributed by atoms with Gasteiger partial charge in [0.2, 0.25) is 0 Å². The zero-order chi connectivity index (χ0) is 17.5. The Morgan fingerprint density at radius 2 is 1.79 bits per heavy atom. The molecule has 0 aromatic heterocycles. The molecule has 0 N–H and O–H groups in total. The summed E-state index contributed by atoms with van der Waals surface area (Å²) in [5.41, 5.74) is 2.36. The van der Waals surface area contributed by atoms with Crippen LogP contribution in [0.15, 0.2) is 60.0 Å². The molecule has 1 aliphatic rings. The molecule has 1 aliphatic heterocycles. The minimum Gasteiger partial charge on any atom is -0.288 e. The summed E-state index contributed by atoms with van der Waals surface area (Å²) in [6.45, 7) is 7.54. The van der Waals surface area contributed by atoms with Gasteiger partial charge in [-0.25, -0.2) is 13.2 Å². The van der Waals surface area contributed by atoms with Crippen molar-refractivity contribution in [1.82, 2.24) is 0 Å². The van der Waals surface area contributed by atoms with E-state index < -0.39 is 16.1 Å². The van der Waals surface area contributed by atoms with Gasteiger partial charge in [-0.05, 0) is 43.2 Å². The quantitative estimate of drug-likeness (QED) is 0.801. The molecule has 0 saturated heterocycles. The smallest absolute Gasteiger partial charge is 0.288 e. The number of fused-ring (bicyclic) bond motifs is 1. The summed E-state index contributed by atoms with van der Waals surface area (Å²) in [5, 5.41) is 0. The zero-order valence-corrected chi connectivity index (χ0v) is 14.4. The average Bonchev–Trinajstić information content (AvgIpc) is 2.55. The van der Waals surface area contributed by atoms with Gasteiger partial charge in [-0.2, -0.15) is 4.31 Å². The van der Waals surface area contributed by atoms with Gasteiger partial charge in [0.25, 0.3) is 10.0 Å². The van der Waals surface area contributed by atoms with Gasteiger partial charge in [0.1, 0.15) is 4.90 Å². The highest BCUT2D eigenvalue weighted by atomic mass is 32.2. The van der Waals surface area contributed by atoms with Crippen LogP contribution >= 0.6 is 0 Å². The molecule has 0 unspecified atom stereocenters. The Bertz CT molecular complexity index is 935.